The van der Waals surface area contributed by atoms with Crippen LogP contribution in [-0.4, -0.2) is 12.6 Å². The summed E-state index contributed by atoms with van der Waals surface area (Å²) in [4.78, 5) is 0. The second-order valence-electron chi connectivity index (χ2n) is 11.1. The van der Waals surface area contributed by atoms with Gasteiger partial charge in [-0.2, -0.15) is 4.40 Å². The van der Waals surface area contributed by atoms with Gasteiger partial charge in [-0.3, -0.25) is 0 Å². The van der Waals surface area contributed by atoms with Crippen LogP contribution in [0.25, 0.3) is 27.3 Å². The van der Waals surface area contributed by atoms with Crippen molar-refractivity contribution in [2.45, 2.75) is 85.4 Å². The minimum absolute atomic E-state index is 0.0119. The molecule has 0 fully saturated rings. The topological polar surface area (TPSA) is 9.03 Å². The first kappa shape index (κ1) is 17.4. The van der Waals surface area contributed by atoms with E-state index >= 15 is 0 Å². The molecule has 0 N–H and O–H groups in total. The molecule has 3 heteroatoms. The lowest BCUT2D eigenvalue weighted by Crippen LogP contribution is -2.65. The highest BCUT2D eigenvalue weighted by Crippen LogP contribution is 2.43. The van der Waals surface area contributed by atoms with Gasteiger partial charge in [-0.15, -0.1) is 0 Å². The van der Waals surface area contributed by atoms with Crippen LogP contribution in [0.2, 0.25) is 13.1 Å². The first-order chi connectivity index (χ1) is 15.6. The minimum atomic E-state index is -2.18. The smallest absolute Gasteiger partial charge is 0.225 e. The van der Waals surface area contributed by atoms with Crippen molar-refractivity contribution in [3.05, 3.63) is 52.8 Å². The van der Waals surface area contributed by atoms with E-state index in [0.29, 0.717) is 11.5 Å². The van der Waals surface area contributed by atoms with Gasteiger partial charge in [0, 0.05) is 26.8 Å². The molecule has 0 aliphatic carbocycles. The fourth-order valence-corrected chi connectivity index (χ4v) is 9.09. The summed E-state index contributed by atoms with van der Waals surface area (Å²) in [6, 6.07) is 10.8. The number of fused-ring (bicyclic) bond motifs is 3. The third kappa shape index (κ3) is 2.31. The summed E-state index contributed by atoms with van der Waals surface area (Å²) in [5.74, 6) is 0.324. The Hall–Kier alpha value is -2.13. The number of pyridine rings is 1. The molecule has 0 saturated heterocycles. The largest absolute Gasteiger partial charge is 0.295 e. The van der Waals surface area contributed by atoms with Crippen LogP contribution in [0.1, 0.15) is 80.1 Å². The molecule has 2 aromatic carbocycles. The van der Waals surface area contributed by atoms with Gasteiger partial charge in [-0.25, -0.2) is 4.57 Å². The standard InChI is InChI=1S/C28H37N2Si/c1-16(2)20-12-11-13-21-23-18(5)14-15-22-25(23)30-26(28(7,8)31(22,9)10)19(6)29(17(3)4)27(30)24(20)21/h11-17H,1-10H3/q+1/i5D3. The second kappa shape index (κ2) is 6.22. The third-order valence-corrected chi connectivity index (χ3v) is 13.4. The Morgan fingerprint density at radius 3 is 2.35 bits per heavy atom. The maximum atomic E-state index is 8.44. The highest BCUT2D eigenvalue weighted by molar-refractivity contribution is 6.93. The number of aryl methyl sites for hydroxylation is 1. The quantitative estimate of drug-likeness (QED) is 0.192. The maximum Gasteiger partial charge on any atom is 0.295 e. The van der Waals surface area contributed by atoms with Gasteiger partial charge in [-0.1, -0.05) is 71.1 Å². The summed E-state index contributed by atoms with van der Waals surface area (Å²) in [6.45, 7) is 18.8. The number of aromatic nitrogens is 2. The fraction of sp³-hybridized carbons (Fsp3) is 0.464. The molecule has 3 heterocycles. The molecule has 5 rings (SSSR count). The fourth-order valence-electron chi connectivity index (χ4n) is 6.20. The summed E-state index contributed by atoms with van der Waals surface area (Å²) in [7, 11) is -2.02. The Balaban J connectivity index is 2.29. The van der Waals surface area contributed by atoms with Crippen molar-refractivity contribution in [3.63, 3.8) is 0 Å². The molecule has 0 amide bonds. The number of nitrogens with zero attached hydrogens (tertiary/aromatic N) is 2. The van der Waals surface area contributed by atoms with Gasteiger partial charge >= 0.3 is 0 Å². The van der Waals surface area contributed by atoms with Gasteiger partial charge in [0.15, 0.2) is 5.69 Å². The minimum Gasteiger partial charge on any atom is -0.225 e. The van der Waals surface area contributed by atoms with Crippen LogP contribution >= 0.6 is 0 Å². The summed E-state index contributed by atoms with van der Waals surface area (Å²) < 4.78 is 30.3. The molecule has 0 spiro atoms. The van der Waals surface area contributed by atoms with E-state index in [4.69, 9.17) is 4.11 Å². The van der Waals surface area contributed by atoms with E-state index in [9.17, 15) is 0 Å². The van der Waals surface area contributed by atoms with Crippen LogP contribution in [-0.2, 0) is 5.04 Å². The Labute approximate surface area is 192 Å². The average Bonchev–Trinajstić information content (AvgIpc) is 3.04. The number of hydrogen-bond acceptors (Lipinski definition) is 0. The molecule has 1 aliphatic rings. The Morgan fingerprint density at radius 1 is 1.03 bits per heavy atom. The monoisotopic (exact) mass is 432 g/mol. The molecule has 4 aromatic rings. The van der Waals surface area contributed by atoms with Crippen LogP contribution in [0.15, 0.2) is 30.3 Å². The number of hydrogen-bond donors (Lipinski definition) is 0. The van der Waals surface area contributed by atoms with Crippen molar-refractivity contribution < 1.29 is 8.51 Å². The van der Waals surface area contributed by atoms with Gasteiger partial charge in [0.1, 0.15) is 19.3 Å². The van der Waals surface area contributed by atoms with Crippen molar-refractivity contribution in [1.82, 2.24) is 4.57 Å². The lowest BCUT2D eigenvalue weighted by molar-refractivity contribution is -0.493. The predicted octanol–water partition coefficient (Wildman–Crippen LogP) is 6.60. The molecule has 1 aliphatic heterocycles. The molecule has 2 aromatic heterocycles. The van der Waals surface area contributed by atoms with Crippen LogP contribution < -0.4 is 9.59 Å². The molecule has 0 atom stereocenters. The Morgan fingerprint density at radius 2 is 1.74 bits per heavy atom. The van der Waals surface area contributed by atoms with Gasteiger partial charge in [0.2, 0.25) is 0 Å². The van der Waals surface area contributed by atoms with Crippen molar-refractivity contribution in [2.75, 3.05) is 0 Å². The van der Waals surface area contributed by atoms with Crippen LogP contribution in [0.4, 0.5) is 0 Å². The molecular formula is C28H37N2Si+. The summed E-state index contributed by atoms with van der Waals surface area (Å²) >= 11 is 0. The molecular weight excluding hydrogens is 392 g/mol. The van der Waals surface area contributed by atoms with Crippen LogP contribution in [0, 0.1) is 13.8 Å². The van der Waals surface area contributed by atoms with Gasteiger partial charge in [0.25, 0.3) is 5.65 Å². The zero-order valence-corrected chi connectivity index (χ0v) is 21.4. The summed E-state index contributed by atoms with van der Waals surface area (Å²) in [5, 5.41) is 4.55. The average molecular weight is 433 g/mol. The molecule has 31 heavy (non-hydrogen) atoms. The molecule has 0 saturated carbocycles. The number of rotatable bonds is 2. The summed E-state index contributed by atoms with van der Waals surface area (Å²) in [5.41, 5.74) is 6.75. The van der Waals surface area contributed by atoms with Crippen molar-refractivity contribution >= 4 is 40.6 Å². The van der Waals surface area contributed by atoms with Crippen LogP contribution in [0.5, 0.6) is 0 Å². The van der Waals surface area contributed by atoms with Crippen LogP contribution in [0.3, 0.4) is 0 Å². The lowest BCUT2D eigenvalue weighted by atomic mass is 9.93. The lowest BCUT2D eigenvalue weighted by Gasteiger charge is -2.41. The molecule has 2 nitrogen and oxygen atoms in total. The van der Waals surface area contributed by atoms with E-state index < -0.39 is 14.9 Å². The third-order valence-electron chi connectivity index (χ3n) is 8.33. The predicted molar refractivity (Wildman–Crippen MR) is 137 cm³/mol. The highest BCUT2D eigenvalue weighted by Gasteiger charge is 2.53. The normalized spacial score (nSPS) is 19.0. The highest BCUT2D eigenvalue weighted by atomic mass is 28.3. The number of benzene rings is 2. The van der Waals surface area contributed by atoms with Gasteiger partial charge < -0.3 is 0 Å². The van der Waals surface area contributed by atoms with E-state index in [1.54, 1.807) is 0 Å². The first-order valence-corrected chi connectivity index (χ1v) is 14.6. The van der Waals surface area contributed by atoms with E-state index in [0.717, 1.165) is 16.3 Å². The van der Waals surface area contributed by atoms with Gasteiger partial charge in [0.05, 0.1) is 11.4 Å². The van der Waals surface area contributed by atoms with E-state index in [2.05, 4.69) is 94.8 Å². The van der Waals surface area contributed by atoms with Crippen molar-refractivity contribution in [1.29, 1.82) is 0 Å². The second-order valence-corrected chi connectivity index (χ2v) is 16.2. The van der Waals surface area contributed by atoms with E-state index in [1.807, 2.05) is 6.07 Å². The molecule has 0 unspecified atom stereocenters. The zero-order valence-electron chi connectivity index (χ0n) is 23.4. The molecule has 0 bridgehead atoms. The summed E-state index contributed by atoms with van der Waals surface area (Å²) in [6.07, 6.45) is 0. The Kier molecular flexibility index (Phi) is 3.50. The van der Waals surface area contributed by atoms with Gasteiger partial charge in [-0.05, 0) is 42.9 Å². The first-order valence-electron chi connectivity index (χ1n) is 13.1. The van der Waals surface area contributed by atoms with Crippen molar-refractivity contribution in [2.24, 2.45) is 0 Å². The zero-order chi connectivity index (χ0) is 25.1. The SMILES string of the molecule is [2H]C([2H])([2H])c1ccc2c3c1c1cccc(C(C)C)c1c1n(C(C)C)c(C)c([n+]31)C(C)(C)[Si]2(C)C. The van der Waals surface area contributed by atoms with E-state index in [1.165, 1.54) is 33.2 Å². The van der Waals surface area contributed by atoms with E-state index in [-0.39, 0.29) is 11.1 Å². The Bertz CT molecular complexity index is 1500. The van der Waals surface area contributed by atoms with Crippen molar-refractivity contribution in [3.8, 4) is 0 Å². The number of imidazole rings is 1. The molecule has 0 radical (unpaired) electrons. The maximum absolute atomic E-state index is 8.44. The molecule has 162 valence electrons.